The number of rotatable bonds is 10. The molecule has 32 atom stereocenters. The second kappa shape index (κ2) is 20.7. The molecular weight excluding hydrogens is 981 g/mol. The zero-order chi connectivity index (χ0) is 53.3. The molecule has 10 rings (SSSR count). The molecule has 10 aliphatic rings. The van der Waals surface area contributed by atoms with E-state index in [-0.39, 0.29) is 42.3 Å². The van der Waals surface area contributed by atoms with Gasteiger partial charge in [-0.25, -0.2) is 0 Å². The van der Waals surface area contributed by atoms with Crippen molar-refractivity contribution in [2.75, 3.05) is 19.8 Å². The zero-order valence-corrected chi connectivity index (χ0v) is 42.9. The molecule has 6 saturated heterocycles. The summed E-state index contributed by atoms with van der Waals surface area (Å²) in [6.45, 7) is 10.2. The van der Waals surface area contributed by atoms with Crippen LogP contribution in [0.2, 0.25) is 0 Å². The normalized spacial score (nSPS) is 58.6. The Morgan fingerprint density at radius 1 is 0.595 bits per heavy atom. The minimum atomic E-state index is -1.88. The van der Waals surface area contributed by atoms with Crippen molar-refractivity contribution < 1.29 is 114 Å². The van der Waals surface area contributed by atoms with Crippen molar-refractivity contribution in [2.45, 2.75) is 245 Å². The molecule has 4 aliphatic carbocycles. The van der Waals surface area contributed by atoms with Crippen molar-refractivity contribution in [1.82, 2.24) is 0 Å². The van der Waals surface area contributed by atoms with Gasteiger partial charge in [-0.3, -0.25) is 0 Å². The van der Waals surface area contributed by atoms with Crippen LogP contribution >= 0.6 is 0 Å². The van der Waals surface area contributed by atoms with Crippen LogP contribution in [0.5, 0.6) is 0 Å². The van der Waals surface area contributed by atoms with Crippen molar-refractivity contribution >= 4 is 0 Å². The maximum atomic E-state index is 12.9. The Labute approximate surface area is 430 Å². The predicted octanol–water partition coefficient (Wildman–Crippen LogP) is -2.85. The third kappa shape index (κ3) is 8.82. The zero-order valence-electron chi connectivity index (χ0n) is 42.9. The van der Waals surface area contributed by atoms with Crippen LogP contribution in [-0.2, 0) is 47.4 Å². The average molecular weight is 1060 g/mol. The van der Waals surface area contributed by atoms with Crippen molar-refractivity contribution in [3.8, 4) is 0 Å². The van der Waals surface area contributed by atoms with E-state index in [1.54, 1.807) is 0 Å². The number of hydrogen-bond acceptors (Lipinski definition) is 23. The summed E-state index contributed by atoms with van der Waals surface area (Å²) >= 11 is 0. The van der Waals surface area contributed by atoms with E-state index in [0.29, 0.717) is 25.7 Å². The predicted molar refractivity (Wildman–Crippen MR) is 248 cm³/mol. The van der Waals surface area contributed by atoms with Crippen LogP contribution in [0.3, 0.4) is 0 Å². The van der Waals surface area contributed by atoms with Crippen molar-refractivity contribution in [3.63, 3.8) is 0 Å². The van der Waals surface area contributed by atoms with Crippen LogP contribution in [0.15, 0.2) is 11.6 Å². The molecule has 3 saturated carbocycles. The third-order valence-electron chi connectivity index (χ3n) is 20.1. The van der Waals surface area contributed by atoms with Crippen LogP contribution in [0, 0.1) is 40.4 Å². The molecule has 0 amide bonds. The van der Waals surface area contributed by atoms with E-state index in [1.165, 1.54) is 26.3 Å². The maximum absolute atomic E-state index is 12.9. The Bertz CT molecular complexity index is 2010. The Morgan fingerprint density at radius 3 is 1.80 bits per heavy atom. The number of ether oxygens (including phenoxy) is 10. The van der Waals surface area contributed by atoms with Gasteiger partial charge in [0.2, 0.25) is 0 Å². The minimum Gasteiger partial charge on any atom is -0.396 e. The fourth-order valence-electron chi connectivity index (χ4n) is 15.5. The van der Waals surface area contributed by atoms with Gasteiger partial charge in [0.25, 0.3) is 0 Å². The number of fused-ring (bicyclic) bond motifs is 7. The molecule has 0 aromatic rings. The Morgan fingerprint density at radius 2 is 1.19 bits per heavy atom. The van der Waals surface area contributed by atoms with E-state index < -0.39 is 170 Å². The second-order valence-corrected chi connectivity index (χ2v) is 24.0. The minimum absolute atomic E-state index is 0.104. The molecule has 1 spiro atoms. The lowest BCUT2D eigenvalue weighted by molar-refractivity contribution is -0.394. The standard InChI is InChI=1S/C51H82O23/c1-19-32(55)34(57)37(60)44(66-19)71-41-21(3)68-46(39(62)36(41)59)72-42-29(17-53)70-47(43(40(42)63)73-45-38(61)35(58)33(56)20(2)67-45)69-25-9-11-48(5)24(14-25)7-8-26-27(48)10-12-49(6)28(26)15-31-50(49,64)22(4)51(74-31)30(54)13-23(16-52)18-65-51/h7,19-23,25-47,52-64H,8-18H2,1-6H3/t19-,20-,21-,22-,23-,25-,26+,27-,28-,29+,30+,31-,32-,33-,34+,35+,36-,37+,38+,39+,40-,41-,42+,43+,44-,45-,46-,47+,48-,49-,50+,51-/m0/s1. The smallest absolute Gasteiger partial charge is 0.200 e. The second-order valence-electron chi connectivity index (χ2n) is 24.0. The number of aliphatic hydroxyl groups excluding tert-OH is 12. The van der Waals surface area contributed by atoms with E-state index in [4.69, 9.17) is 47.4 Å². The molecule has 6 aliphatic heterocycles. The topological polar surface area (TPSA) is 355 Å². The first-order chi connectivity index (χ1) is 34.9. The summed E-state index contributed by atoms with van der Waals surface area (Å²) in [5, 5.41) is 143. The Balaban J connectivity index is 0.841. The SMILES string of the molecule is C[C@@H]1O[C@@H](O[C@@H]2[C@@H](O)[C@@H](O)[C@H](O[C@H]3[C@H](O)[C@@H](O[C@@H]4O[C@@H](C)[C@H](O)[C@@H](O)[C@H]4O)[C@H](O[C@H]4CC[C@@]5(C)C(=CC[C@@H]6[C@@H]5CC[C@@]5(C)[C@H]6C[C@@H]6O[C@@]7(OC[C@H](CO)C[C@H]7O)[C@@H](C)[C@@]65O)C4)O[C@@H]3CO)O[C@H]2C)[C@H](O)[C@H](O)[C@H]1O. The first-order valence-corrected chi connectivity index (χ1v) is 26.9. The quantitative estimate of drug-likeness (QED) is 0.0980. The highest BCUT2D eigenvalue weighted by Gasteiger charge is 2.78. The number of aliphatic hydroxyl groups is 13. The summed E-state index contributed by atoms with van der Waals surface area (Å²) < 4.78 is 61.5. The highest BCUT2D eigenvalue weighted by molar-refractivity contribution is 5.29. The number of hydrogen-bond donors (Lipinski definition) is 13. The van der Waals surface area contributed by atoms with Gasteiger partial charge in [-0.15, -0.1) is 0 Å². The summed E-state index contributed by atoms with van der Waals surface area (Å²) in [5.41, 5.74) is -0.773. The molecule has 0 aromatic carbocycles. The molecule has 74 heavy (non-hydrogen) atoms. The molecule has 424 valence electrons. The lowest BCUT2D eigenvalue weighted by Gasteiger charge is -2.60. The lowest BCUT2D eigenvalue weighted by atomic mass is 9.46. The van der Waals surface area contributed by atoms with Gasteiger partial charge in [-0.1, -0.05) is 32.4 Å². The average Bonchev–Trinajstić information content (AvgIpc) is 3.76. The van der Waals surface area contributed by atoms with Crippen LogP contribution < -0.4 is 0 Å². The van der Waals surface area contributed by atoms with Crippen LogP contribution in [0.4, 0.5) is 0 Å². The summed E-state index contributed by atoms with van der Waals surface area (Å²) in [6, 6.07) is 0. The van der Waals surface area contributed by atoms with Crippen molar-refractivity contribution in [1.29, 1.82) is 0 Å². The largest absolute Gasteiger partial charge is 0.396 e. The van der Waals surface area contributed by atoms with E-state index in [2.05, 4.69) is 19.9 Å². The van der Waals surface area contributed by atoms with E-state index in [9.17, 15) is 66.4 Å². The van der Waals surface area contributed by atoms with E-state index >= 15 is 0 Å². The van der Waals surface area contributed by atoms with Gasteiger partial charge in [-0.05, 0) is 95.3 Å². The fraction of sp³-hybridized carbons (Fsp3) is 0.961. The summed E-state index contributed by atoms with van der Waals surface area (Å²) in [4.78, 5) is 0. The lowest BCUT2D eigenvalue weighted by Crippen LogP contribution is -2.67. The van der Waals surface area contributed by atoms with Crippen LogP contribution in [-0.4, -0.2) is 239 Å². The maximum Gasteiger partial charge on any atom is 0.200 e. The van der Waals surface area contributed by atoms with Crippen molar-refractivity contribution in [2.24, 2.45) is 40.4 Å². The molecule has 23 heteroatoms. The van der Waals surface area contributed by atoms with Gasteiger partial charge >= 0.3 is 0 Å². The molecule has 0 aromatic heterocycles. The number of allylic oxidation sites excluding steroid dienone is 1. The molecule has 0 unspecified atom stereocenters. The summed E-state index contributed by atoms with van der Waals surface area (Å²) in [6.07, 6.45) is -25.0. The Kier molecular flexibility index (Phi) is 15.7. The fourth-order valence-corrected chi connectivity index (χ4v) is 15.5. The molecule has 6 heterocycles. The van der Waals surface area contributed by atoms with Crippen LogP contribution in [0.25, 0.3) is 0 Å². The Hall–Kier alpha value is -1.18. The highest BCUT2D eigenvalue weighted by Crippen LogP contribution is 2.72. The molecule has 0 radical (unpaired) electrons. The highest BCUT2D eigenvalue weighted by atomic mass is 16.8. The first-order valence-electron chi connectivity index (χ1n) is 26.9. The van der Waals surface area contributed by atoms with Gasteiger partial charge in [0.15, 0.2) is 30.9 Å². The molecule has 0 bridgehead atoms. The molecular formula is C51H82O23. The summed E-state index contributed by atoms with van der Waals surface area (Å²) in [7, 11) is 0. The summed E-state index contributed by atoms with van der Waals surface area (Å²) in [5.74, 6) is -1.41. The van der Waals surface area contributed by atoms with E-state index in [1.807, 2.05) is 6.92 Å². The van der Waals surface area contributed by atoms with Gasteiger partial charge in [0.05, 0.1) is 43.7 Å². The molecule has 13 N–H and O–H groups in total. The van der Waals surface area contributed by atoms with Gasteiger partial charge in [0.1, 0.15) is 91.1 Å². The van der Waals surface area contributed by atoms with Crippen LogP contribution in [0.1, 0.15) is 92.9 Å². The molecule has 9 fully saturated rings. The van der Waals surface area contributed by atoms with Gasteiger partial charge in [0, 0.05) is 23.9 Å². The van der Waals surface area contributed by atoms with Gasteiger partial charge < -0.3 is 114 Å². The first kappa shape index (κ1) is 56.1. The third-order valence-corrected chi connectivity index (χ3v) is 20.1. The van der Waals surface area contributed by atoms with Crippen molar-refractivity contribution in [3.05, 3.63) is 11.6 Å². The van der Waals surface area contributed by atoms with Gasteiger partial charge in [-0.2, -0.15) is 0 Å². The monoisotopic (exact) mass is 1060 g/mol. The van der Waals surface area contributed by atoms with E-state index in [0.717, 1.165) is 25.7 Å². The molecule has 23 nitrogen and oxygen atoms in total.